The molecule has 1 aliphatic rings. The summed E-state index contributed by atoms with van der Waals surface area (Å²) in [7, 11) is 0. The topological polar surface area (TPSA) is 102 Å². The summed E-state index contributed by atoms with van der Waals surface area (Å²) in [4.78, 5) is 25.7. The molecule has 138 valence electrons. The van der Waals surface area contributed by atoms with Gasteiger partial charge in [-0.2, -0.15) is 0 Å². The molecule has 2 heterocycles. The zero-order chi connectivity index (χ0) is 18.7. The zero-order valence-electron chi connectivity index (χ0n) is 14.2. The van der Waals surface area contributed by atoms with Crippen molar-refractivity contribution in [3.8, 4) is 11.5 Å². The largest absolute Gasteiger partial charge is 0.411 e. The lowest BCUT2D eigenvalue weighted by molar-refractivity contribution is -0.134. The Hall–Kier alpha value is -2.06. The van der Waals surface area contributed by atoms with Gasteiger partial charge in [0, 0.05) is 23.7 Å². The van der Waals surface area contributed by atoms with E-state index in [1.165, 1.54) is 11.8 Å². The molecule has 1 aromatic carbocycles. The monoisotopic (exact) mass is 394 g/mol. The number of hydrogen-bond donors (Lipinski definition) is 1. The lowest BCUT2D eigenvalue weighted by Crippen LogP contribution is -2.46. The first-order valence-electron chi connectivity index (χ1n) is 8.28. The molecule has 2 unspecified atom stereocenters. The van der Waals surface area contributed by atoms with Crippen LogP contribution in [0, 0.1) is 5.92 Å². The normalized spacial score (nSPS) is 18.5. The molecule has 7 nitrogen and oxygen atoms in total. The Kier molecular flexibility index (Phi) is 5.83. The number of benzene rings is 1. The van der Waals surface area contributed by atoms with Crippen molar-refractivity contribution in [3.63, 3.8) is 0 Å². The molecule has 2 amide bonds. The van der Waals surface area contributed by atoms with Crippen LogP contribution >= 0.6 is 23.4 Å². The number of amides is 2. The van der Waals surface area contributed by atoms with E-state index < -0.39 is 5.25 Å². The summed E-state index contributed by atoms with van der Waals surface area (Å²) in [6.07, 6.45) is 1.50. The van der Waals surface area contributed by atoms with Crippen LogP contribution in [0.25, 0.3) is 11.5 Å². The quantitative estimate of drug-likeness (QED) is 0.782. The first-order valence-corrected chi connectivity index (χ1v) is 9.54. The molecule has 2 N–H and O–H groups in total. The minimum absolute atomic E-state index is 0.0662. The molecule has 2 aromatic rings. The molecule has 0 aliphatic carbocycles. The van der Waals surface area contributed by atoms with Crippen LogP contribution < -0.4 is 5.73 Å². The van der Waals surface area contributed by atoms with E-state index in [0.717, 1.165) is 18.4 Å². The van der Waals surface area contributed by atoms with Gasteiger partial charge in [-0.15, -0.1) is 10.2 Å². The number of likely N-dealkylation sites (tertiary alicyclic amines) is 1. The molecule has 1 aromatic heterocycles. The van der Waals surface area contributed by atoms with Gasteiger partial charge < -0.3 is 15.1 Å². The van der Waals surface area contributed by atoms with Gasteiger partial charge in [0.25, 0.3) is 5.22 Å². The van der Waals surface area contributed by atoms with Crippen LogP contribution in [0.3, 0.4) is 0 Å². The summed E-state index contributed by atoms with van der Waals surface area (Å²) in [6, 6.07) is 7.11. The second-order valence-electron chi connectivity index (χ2n) is 6.17. The van der Waals surface area contributed by atoms with E-state index in [0.29, 0.717) is 29.2 Å². The summed E-state index contributed by atoms with van der Waals surface area (Å²) in [6.45, 7) is 2.78. The van der Waals surface area contributed by atoms with Crippen molar-refractivity contribution >= 4 is 35.2 Å². The Morgan fingerprint density at radius 1 is 1.42 bits per heavy atom. The van der Waals surface area contributed by atoms with Crippen molar-refractivity contribution in [2.45, 2.75) is 30.2 Å². The fourth-order valence-electron chi connectivity index (χ4n) is 2.86. The number of hydrogen-bond acceptors (Lipinski definition) is 6. The van der Waals surface area contributed by atoms with Crippen molar-refractivity contribution in [3.05, 3.63) is 29.3 Å². The van der Waals surface area contributed by atoms with Crippen LogP contribution in [0.2, 0.25) is 5.02 Å². The predicted molar refractivity (Wildman–Crippen MR) is 98.6 cm³/mol. The van der Waals surface area contributed by atoms with Crippen LogP contribution in [-0.2, 0) is 9.59 Å². The van der Waals surface area contributed by atoms with Crippen molar-refractivity contribution in [2.24, 2.45) is 11.7 Å². The fraction of sp³-hybridized carbons (Fsp3) is 0.412. The van der Waals surface area contributed by atoms with Crippen molar-refractivity contribution in [2.75, 3.05) is 13.1 Å². The van der Waals surface area contributed by atoms with Crippen LogP contribution in [0.4, 0.5) is 0 Å². The number of aromatic nitrogens is 2. The molecule has 2 atom stereocenters. The summed E-state index contributed by atoms with van der Waals surface area (Å²) in [5.74, 6) is -0.349. The molecular weight excluding hydrogens is 376 g/mol. The van der Waals surface area contributed by atoms with E-state index >= 15 is 0 Å². The molecule has 3 rings (SSSR count). The van der Waals surface area contributed by atoms with Crippen LogP contribution in [-0.4, -0.2) is 45.3 Å². The molecule has 0 spiro atoms. The minimum atomic E-state index is -0.408. The van der Waals surface area contributed by atoms with E-state index in [2.05, 4.69) is 10.2 Å². The number of thioether (sulfide) groups is 1. The highest BCUT2D eigenvalue weighted by atomic mass is 35.5. The van der Waals surface area contributed by atoms with Crippen molar-refractivity contribution in [1.82, 2.24) is 15.1 Å². The molecule has 1 fully saturated rings. The highest BCUT2D eigenvalue weighted by Gasteiger charge is 2.30. The van der Waals surface area contributed by atoms with Gasteiger partial charge >= 0.3 is 0 Å². The number of piperidine rings is 1. The van der Waals surface area contributed by atoms with Gasteiger partial charge in [-0.3, -0.25) is 9.59 Å². The standard InChI is InChI=1S/C17H19ClN4O3S/c1-10(16(24)22-7-3-5-12(9-22)14(19)23)26-17-21-20-15(25-17)11-4-2-6-13(18)8-11/h2,4,6,8,10,12H,3,5,7,9H2,1H3,(H2,19,23). The summed E-state index contributed by atoms with van der Waals surface area (Å²) in [5, 5.41) is 8.47. The minimum Gasteiger partial charge on any atom is -0.411 e. The van der Waals surface area contributed by atoms with E-state index in [4.69, 9.17) is 21.8 Å². The SMILES string of the molecule is CC(Sc1nnc(-c2cccc(Cl)c2)o1)C(=O)N1CCCC(C(N)=O)C1. The molecule has 26 heavy (non-hydrogen) atoms. The lowest BCUT2D eigenvalue weighted by atomic mass is 9.97. The van der Waals surface area contributed by atoms with Gasteiger partial charge in [0.1, 0.15) is 0 Å². The third kappa shape index (κ3) is 4.37. The van der Waals surface area contributed by atoms with Crippen molar-refractivity contribution in [1.29, 1.82) is 0 Å². The second kappa shape index (κ2) is 8.09. The lowest BCUT2D eigenvalue weighted by Gasteiger charge is -2.32. The first kappa shape index (κ1) is 18.7. The van der Waals surface area contributed by atoms with E-state index in [1.54, 1.807) is 30.0 Å². The number of nitrogens with two attached hydrogens (primary N) is 1. The van der Waals surface area contributed by atoms with E-state index in [1.807, 2.05) is 6.07 Å². The number of carbonyl (C=O) groups is 2. The van der Waals surface area contributed by atoms with Gasteiger partial charge in [-0.05, 0) is 38.0 Å². The van der Waals surface area contributed by atoms with Crippen LogP contribution in [0.15, 0.2) is 33.9 Å². The summed E-state index contributed by atoms with van der Waals surface area (Å²) >= 11 is 7.16. The Morgan fingerprint density at radius 3 is 2.96 bits per heavy atom. The maximum Gasteiger partial charge on any atom is 0.277 e. The van der Waals surface area contributed by atoms with Gasteiger partial charge in [-0.1, -0.05) is 29.4 Å². The summed E-state index contributed by atoms with van der Waals surface area (Å²) in [5.41, 5.74) is 6.09. The second-order valence-corrected chi connectivity index (χ2v) is 7.90. The highest BCUT2D eigenvalue weighted by Crippen LogP contribution is 2.29. The summed E-state index contributed by atoms with van der Waals surface area (Å²) < 4.78 is 5.63. The molecule has 9 heteroatoms. The number of primary amides is 1. The van der Waals surface area contributed by atoms with Crippen molar-refractivity contribution < 1.29 is 14.0 Å². The highest BCUT2D eigenvalue weighted by molar-refractivity contribution is 8.00. The number of nitrogens with zero attached hydrogens (tertiary/aromatic N) is 3. The molecule has 1 aliphatic heterocycles. The Labute approximate surface area is 160 Å². The van der Waals surface area contributed by atoms with Gasteiger partial charge in [0.2, 0.25) is 17.7 Å². The van der Waals surface area contributed by atoms with E-state index in [-0.39, 0.29) is 17.7 Å². The van der Waals surface area contributed by atoms with Gasteiger partial charge in [0.05, 0.1) is 11.2 Å². The first-order chi connectivity index (χ1) is 12.4. The number of carbonyl (C=O) groups excluding carboxylic acids is 2. The average Bonchev–Trinajstić information content (AvgIpc) is 3.09. The average molecular weight is 395 g/mol. The third-order valence-corrected chi connectivity index (χ3v) is 5.40. The van der Waals surface area contributed by atoms with Gasteiger partial charge in [0.15, 0.2) is 0 Å². The number of halogens is 1. The fourth-order valence-corrected chi connectivity index (χ4v) is 3.82. The van der Waals surface area contributed by atoms with Crippen LogP contribution in [0.5, 0.6) is 0 Å². The Balaban J connectivity index is 1.63. The maximum absolute atomic E-state index is 12.6. The predicted octanol–water partition coefficient (Wildman–Crippen LogP) is 2.59. The Morgan fingerprint density at radius 2 is 2.23 bits per heavy atom. The molecule has 0 radical (unpaired) electrons. The molecule has 0 bridgehead atoms. The number of rotatable bonds is 5. The van der Waals surface area contributed by atoms with Gasteiger partial charge in [-0.25, -0.2) is 0 Å². The zero-order valence-corrected chi connectivity index (χ0v) is 15.8. The molecule has 1 saturated heterocycles. The van der Waals surface area contributed by atoms with Crippen LogP contribution in [0.1, 0.15) is 19.8 Å². The maximum atomic E-state index is 12.6. The smallest absolute Gasteiger partial charge is 0.277 e. The molecule has 0 saturated carbocycles. The third-order valence-electron chi connectivity index (χ3n) is 4.24. The molecular formula is C17H19ClN4O3S. The van der Waals surface area contributed by atoms with E-state index in [9.17, 15) is 9.59 Å². The Bertz CT molecular complexity index is 813.